The lowest BCUT2D eigenvalue weighted by Gasteiger charge is -2.29. The predicted molar refractivity (Wildman–Crippen MR) is 91.6 cm³/mol. The van der Waals surface area contributed by atoms with Crippen LogP contribution in [0, 0.1) is 17.1 Å². The number of halogens is 1. The molecule has 2 heterocycles. The zero-order valence-electron chi connectivity index (χ0n) is 14.2. The van der Waals surface area contributed by atoms with Crippen LogP contribution < -0.4 is 0 Å². The number of hydrogen-bond acceptors (Lipinski definition) is 3. The molecule has 0 spiro atoms. The molecule has 0 saturated heterocycles. The van der Waals surface area contributed by atoms with E-state index in [0.29, 0.717) is 11.3 Å². The molecular weight excluding hydrogens is 337 g/mol. The number of aromatic nitrogens is 1. The number of aromatic amines is 1. The van der Waals surface area contributed by atoms with Crippen molar-refractivity contribution in [3.63, 3.8) is 0 Å². The summed E-state index contributed by atoms with van der Waals surface area (Å²) in [5.74, 6) is -2.10. The van der Waals surface area contributed by atoms with Crippen LogP contribution in [-0.4, -0.2) is 33.4 Å². The van der Waals surface area contributed by atoms with Gasteiger partial charge in [-0.3, -0.25) is 4.79 Å². The van der Waals surface area contributed by atoms with Gasteiger partial charge in [-0.15, -0.1) is 0 Å². The second kappa shape index (κ2) is 6.15. The monoisotopic (exact) mass is 353 g/mol. The lowest BCUT2D eigenvalue weighted by atomic mass is 9.83. The van der Waals surface area contributed by atoms with Gasteiger partial charge in [0.15, 0.2) is 0 Å². The van der Waals surface area contributed by atoms with E-state index in [0.717, 1.165) is 0 Å². The van der Waals surface area contributed by atoms with Crippen LogP contribution in [-0.2, 0) is 10.2 Å². The van der Waals surface area contributed by atoms with Crippen LogP contribution in [0.4, 0.5) is 4.39 Å². The van der Waals surface area contributed by atoms with E-state index < -0.39 is 23.1 Å². The molecule has 1 amide bonds. The number of carboxylic acid groups (broad SMARTS) is 1. The zero-order chi connectivity index (χ0) is 19.1. The molecule has 132 valence electrons. The van der Waals surface area contributed by atoms with Crippen LogP contribution in [0.2, 0.25) is 0 Å². The van der Waals surface area contributed by atoms with Crippen molar-refractivity contribution in [2.45, 2.75) is 19.3 Å². The number of rotatable bonds is 2. The molecule has 0 radical (unpaired) electrons. The number of H-pyrrole nitrogens is 1. The Morgan fingerprint density at radius 2 is 1.96 bits per heavy atom. The van der Waals surface area contributed by atoms with Crippen molar-refractivity contribution in [3.05, 3.63) is 64.9 Å². The molecule has 7 heteroatoms. The van der Waals surface area contributed by atoms with Crippen molar-refractivity contribution < 1.29 is 19.1 Å². The minimum Gasteiger partial charge on any atom is -0.478 e. The molecule has 1 aromatic carbocycles. The van der Waals surface area contributed by atoms with Gasteiger partial charge in [0.1, 0.15) is 17.6 Å². The van der Waals surface area contributed by atoms with E-state index >= 15 is 0 Å². The van der Waals surface area contributed by atoms with Crippen molar-refractivity contribution >= 4 is 17.4 Å². The molecule has 1 aromatic heterocycles. The Kier molecular flexibility index (Phi) is 4.12. The second-order valence-electron chi connectivity index (χ2n) is 6.76. The summed E-state index contributed by atoms with van der Waals surface area (Å²) in [6, 6.07) is 8.66. The highest BCUT2D eigenvalue weighted by Gasteiger charge is 2.35. The molecule has 2 N–H and O–H groups in total. The van der Waals surface area contributed by atoms with Gasteiger partial charge in [0, 0.05) is 23.7 Å². The van der Waals surface area contributed by atoms with Crippen LogP contribution in [0.1, 0.15) is 41.2 Å². The molecular formula is C19H16FN3O3. The van der Waals surface area contributed by atoms with Gasteiger partial charge >= 0.3 is 5.97 Å². The molecule has 0 fully saturated rings. The average Bonchev–Trinajstić information content (AvgIpc) is 2.99. The quantitative estimate of drug-likeness (QED) is 0.867. The maximum Gasteiger partial charge on any atom is 0.339 e. The van der Waals surface area contributed by atoms with E-state index in [2.05, 4.69) is 4.98 Å². The summed E-state index contributed by atoms with van der Waals surface area (Å²) in [4.78, 5) is 28.7. The summed E-state index contributed by atoms with van der Waals surface area (Å²) in [6.45, 7) is 3.94. The van der Waals surface area contributed by atoms with Gasteiger partial charge in [0.25, 0.3) is 5.91 Å². The van der Waals surface area contributed by atoms with E-state index in [1.54, 1.807) is 6.07 Å². The Labute approximate surface area is 149 Å². The summed E-state index contributed by atoms with van der Waals surface area (Å²) in [7, 11) is 0. The van der Waals surface area contributed by atoms with Crippen LogP contribution in [0.15, 0.2) is 36.5 Å². The topological polar surface area (TPSA) is 97.2 Å². The number of amides is 1. The number of hydrogen-bond donors (Lipinski definition) is 2. The number of benzene rings is 1. The fourth-order valence-electron chi connectivity index (χ4n) is 3.09. The Balaban J connectivity index is 2.11. The molecule has 0 saturated carbocycles. The largest absolute Gasteiger partial charge is 0.478 e. The molecule has 0 unspecified atom stereocenters. The van der Waals surface area contributed by atoms with Crippen molar-refractivity contribution in [2.75, 3.05) is 6.54 Å². The minimum atomic E-state index is -1.22. The number of nitrogens with one attached hydrogen (secondary N) is 1. The number of nitrogens with zero attached hydrogens (tertiary/aromatic N) is 2. The maximum absolute atomic E-state index is 13.1. The predicted octanol–water partition coefficient (Wildman–Crippen LogP) is 2.88. The van der Waals surface area contributed by atoms with Crippen molar-refractivity contribution in [2.24, 2.45) is 0 Å². The fourth-order valence-corrected chi connectivity index (χ4v) is 3.09. The average molecular weight is 353 g/mol. The smallest absolute Gasteiger partial charge is 0.339 e. The van der Waals surface area contributed by atoms with Gasteiger partial charge in [0.2, 0.25) is 0 Å². The fraction of sp³-hybridized carbons (Fsp3) is 0.211. The van der Waals surface area contributed by atoms with E-state index in [-0.39, 0.29) is 23.4 Å². The Morgan fingerprint density at radius 1 is 1.31 bits per heavy atom. The summed E-state index contributed by atoms with van der Waals surface area (Å²) >= 11 is 0. The highest BCUT2D eigenvalue weighted by atomic mass is 19.1. The van der Waals surface area contributed by atoms with Gasteiger partial charge in [-0.05, 0) is 35.9 Å². The summed E-state index contributed by atoms with van der Waals surface area (Å²) in [6.07, 6.45) is 1.26. The number of nitriles is 1. The first-order valence-electron chi connectivity index (χ1n) is 7.88. The lowest BCUT2D eigenvalue weighted by Crippen LogP contribution is -2.36. The molecule has 6 nitrogen and oxygen atoms in total. The number of fused-ring (bicyclic) bond motifs is 1. The summed E-state index contributed by atoms with van der Waals surface area (Å²) in [5, 5.41) is 18.7. The molecule has 0 bridgehead atoms. The zero-order valence-corrected chi connectivity index (χ0v) is 14.2. The van der Waals surface area contributed by atoms with E-state index in [4.69, 9.17) is 5.26 Å². The van der Waals surface area contributed by atoms with E-state index in [1.807, 2.05) is 19.9 Å². The number of carbonyl (C=O) groups excluding carboxylic acids is 1. The third-order valence-corrected chi connectivity index (χ3v) is 4.37. The van der Waals surface area contributed by atoms with Crippen LogP contribution in [0.3, 0.4) is 0 Å². The molecule has 2 aromatic rings. The van der Waals surface area contributed by atoms with Crippen molar-refractivity contribution in [1.29, 1.82) is 5.26 Å². The summed E-state index contributed by atoms with van der Waals surface area (Å²) < 4.78 is 13.1. The first-order chi connectivity index (χ1) is 12.2. The maximum atomic E-state index is 13.1. The van der Waals surface area contributed by atoms with Crippen LogP contribution >= 0.6 is 0 Å². The normalized spacial score (nSPS) is 15.5. The van der Waals surface area contributed by atoms with Gasteiger partial charge in [-0.2, -0.15) is 5.26 Å². The van der Waals surface area contributed by atoms with E-state index in [1.165, 1.54) is 35.4 Å². The second-order valence-corrected chi connectivity index (χ2v) is 6.76. The third kappa shape index (κ3) is 2.97. The van der Waals surface area contributed by atoms with Crippen molar-refractivity contribution in [3.8, 4) is 6.07 Å². The van der Waals surface area contributed by atoms with Gasteiger partial charge in [-0.1, -0.05) is 13.8 Å². The Hall–Kier alpha value is -3.40. The van der Waals surface area contributed by atoms with Gasteiger partial charge in [0.05, 0.1) is 11.3 Å². The highest BCUT2D eigenvalue weighted by Crippen LogP contribution is 2.36. The Morgan fingerprint density at radius 3 is 2.54 bits per heavy atom. The standard InChI is InChI=1S/C19H16FN3O3/c1-19(2)10-23(17(24)11-3-5-12(20)6-4-11)9-14(18(25)26)16-15(19)7-13(8-21)22-16/h3-7,9,22H,10H2,1-2H3,(H,25,26). The van der Waals surface area contributed by atoms with Gasteiger partial charge < -0.3 is 15.0 Å². The molecule has 0 atom stereocenters. The first-order valence-corrected chi connectivity index (χ1v) is 7.88. The number of aliphatic carboxylic acids is 1. The summed E-state index contributed by atoms with van der Waals surface area (Å²) in [5.41, 5.74) is 0.762. The molecule has 26 heavy (non-hydrogen) atoms. The molecule has 1 aliphatic rings. The Bertz CT molecular complexity index is 965. The molecule has 1 aliphatic heterocycles. The molecule has 3 rings (SSSR count). The first kappa shape index (κ1) is 17.4. The number of carbonyl (C=O) groups is 2. The van der Waals surface area contributed by atoms with Crippen LogP contribution in [0.25, 0.3) is 5.57 Å². The number of carboxylic acids is 1. The third-order valence-electron chi connectivity index (χ3n) is 4.37. The van der Waals surface area contributed by atoms with Crippen molar-refractivity contribution in [1.82, 2.24) is 9.88 Å². The van der Waals surface area contributed by atoms with E-state index in [9.17, 15) is 19.1 Å². The highest BCUT2D eigenvalue weighted by molar-refractivity contribution is 6.16. The SMILES string of the molecule is CC1(C)CN(C(=O)c2ccc(F)cc2)C=C(C(=O)O)c2[nH]c(C#N)cc21. The van der Waals surface area contributed by atoms with Crippen LogP contribution in [0.5, 0.6) is 0 Å². The minimum absolute atomic E-state index is 0.109. The lowest BCUT2D eigenvalue weighted by molar-refractivity contribution is -0.130. The van der Waals surface area contributed by atoms with Gasteiger partial charge in [-0.25, -0.2) is 9.18 Å². The molecule has 0 aliphatic carbocycles.